The number of nitrogens with two attached hydrogens (primary N) is 1. The molecule has 150 valence electrons. The molecule has 0 saturated carbocycles. The van der Waals surface area contributed by atoms with E-state index in [1.807, 2.05) is 0 Å². The van der Waals surface area contributed by atoms with E-state index < -0.39 is 5.91 Å². The van der Waals surface area contributed by atoms with Crippen molar-refractivity contribution in [3.05, 3.63) is 41.5 Å². The molecule has 4 N–H and O–H groups in total. The summed E-state index contributed by atoms with van der Waals surface area (Å²) in [7, 11) is 0. The van der Waals surface area contributed by atoms with Gasteiger partial charge in [0.1, 0.15) is 5.82 Å². The maximum Gasteiger partial charge on any atom is 0.278 e. The molecule has 1 unspecified atom stereocenters. The topological polar surface area (TPSA) is 113 Å². The van der Waals surface area contributed by atoms with Gasteiger partial charge in [-0.2, -0.15) is 5.10 Å². The molecular formula is C19H24FN5O3. The first-order valence-electron chi connectivity index (χ1n) is 9.23. The summed E-state index contributed by atoms with van der Waals surface area (Å²) in [6.07, 6.45) is 2.70. The van der Waals surface area contributed by atoms with Crippen molar-refractivity contribution >= 4 is 11.8 Å². The van der Waals surface area contributed by atoms with Gasteiger partial charge in [0.2, 0.25) is 5.91 Å². The first-order chi connectivity index (χ1) is 13.4. The number of carbonyl (C=O) groups excluding carboxylic acids is 2. The van der Waals surface area contributed by atoms with E-state index in [1.165, 1.54) is 34.0 Å². The molecule has 1 aromatic carbocycles. The van der Waals surface area contributed by atoms with Crippen molar-refractivity contribution < 1.29 is 19.1 Å². The fraction of sp³-hybridized carbons (Fsp3) is 0.421. The molecule has 1 aliphatic rings. The number of hydrogen-bond donors (Lipinski definition) is 3. The van der Waals surface area contributed by atoms with Crippen LogP contribution in [0.2, 0.25) is 0 Å². The molecule has 1 atom stereocenters. The molecule has 2 aromatic rings. The number of benzene rings is 1. The average molecular weight is 389 g/mol. The van der Waals surface area contributed by atoms with Gasteiger partial charge in [0, 0.05) is 26.2 Å². The number of nitrogens with zero attached hydrogens (tertiary/aromatic N) is 3. The Morgan fingerprint density at radius 2 is 2.21 bits per heavy atom. The van der Waals surface area contributed by atoms with Crippen LogP contribution >= 0.6 is 0 Å². The zero-order valence-corrected chi connectivity index (χ0v) is 15.7. The van der Waals surface area contributed by atoms with Gasteiger partial charge >= 0.3 is 0 Å². The maximum absolute atomic E-state index is 13.3. The van der Waals surface area contributed by atoms with Gasteiger partial charge in [-0.05, 0) is 43.5 Å². The Morgan fingerprint density at radius 1 is 1.43 bits per heavy atom. The van der Waals surface area contributed by atoms with E-state index in [-0.39, 0.29) is 35.6 Å². The van der Waals surface area contributed by atoms with E-state index in [4.69, 9.17) is 5.73 Å². The molecule has 0 bridgehead atoms. The number of piperidine rings is 1. The van der Waals surface area contributed by atoms with Gasteiger partial charge in [-0.25, -0.2) is 9.07 Å². The number of aromatic hydroxyl groups is 1. The van der Waals surface area contributed by atoms with Gasteiger partial charge in [-0.1, -0.05) is 0 Å². The molecule has 0 spiro atoms. The van der Waals surface area contributed by atoms with E-state index in [0.717, 1.165) is 0 Å². The molecule has 3 rings (SSSR count). The van der Waals surface area contributed by atoms with Crippen molar-refractivity contribution in [2.24, 2.45) is 11.7 Å². The summed E-state index contributed by atoms with van der Waals surface area (Å²) in [5.74, 6) is -1.51. The molecule has 8 nitrogen and oxygen atoms in total. The number of nitrogens with one attached hydrogen (secondary N) is 1. The summed E-state index contributed by atoms with van der Waals surface area (Å²) < 4.78 is 14.7. The van der Waals surface area contributed by atoms with Crippen molar-refractivity contribution in [2.45, 2.75) is 19.8 Å². The minimum absolute atomic E-state index is 0.0910. The molecule has 9 heteroatoms. The summed E-state index contributed by atoms with van der Waals surface area (Å²) >= 11 is 0. The number of halogens is 1. The molecule has 1 fully saturated rings. The zero-order chi connectivity index (χ0) is 20.3. The van der Waals surface area contributed by atoms with Crippen LogP contribution in [0.1, 0.15) is 28.9 Å². The predicted molar refractivity (Wildman–Crippen MR) is 101 cm³/mol. The van der Waals surface area contributed by atoms with Gasteiger partial charge in [0.25, 0.3) is 5.91 Å². The normalized spacial score (nSPS) is 16.8. The lowest BCUT2D eigenvalue weighted by Gasteiger charge is -2.31. The van der Waals surface area contributed by atoms with Crippen LogP contribution in [0.5, 0.6) is 5.75 Å². The molecule has 0 aliphatic carbocycles. The third-order valence-corrected chi connectivity index (χ3v) is 4.83. The molecule has 28 heavy (non-hydrogen) atoms. The van der Waals surface area contributed by atoms with Crippen LogP contribution in [0, 0.1) is 18.7 Å². The summed E-state index contributed by atoms with van der Waals surface area (Å²) in [5.41, 5.74) is 6.50. The largest absolute Gasteiger partial charge is 0.504 e. The second-order valence-corrected chi connectivity index (χ2v) is 6.91. The molecule has 1 saturated heterocycles. The number of aryl methyl sites for hydroxylation is 1. The SMILES string of the molecule is Cc1cc(F)ccc1-n1cc(O)c(C(=O)N2CCCC(C(=O)NCCN)C2)n1. The molecule has 2 heterocycles. The van der Waals surface area contributed by atoms with Crippen LogP contribution in [0.15, 0.2) is 24.4 Å². The second-order valence-electron chi connectivity index (χ2n) is 6.91. The van der Waals surface area contributed by atoms with E-state index >= 15 is 0 Å². The second kappa shape index (κ2) is 8.39. The van der Waals surface area contributed by atoms with Crippen LogP contribution in [-0.4, -0.2) is 57.8 Å². The Hall–Kier alpha value is -2.94. The zero-order valence-electron chi connectivity index (χ0n) is 15.7. The fourth-order valence-corrected chi connectivity index (χ4v) is 3.38. The minimum atomic E-state index is -0.438. The Kier molecular flexibility index (Phi) is 5.93. The Morgan fingerprint density at radius 3 is 2.93 bits per heavy atom. The molecule has 1 aromatic heterocycles. The van der Waals surface area contributed by atoms with Gasteiger partial charge in [0.05, 0.1) is 17.8 Å². The van der Waals surface area contributed by atoms with E-state index in [0.29, 0.717) is 43.7 Å². The van der Waals surface area contributed by atoms with Crippen molar-refractivity contribution in [3.63, 3.8) is 0 Å². The number of hydrogen-bond acceptors (Lipinski definition) is 5. The smallest absolute Gasteiger partial charge is 0.278 e. The quantitative estimate of drug-likeness (QED) is 0.705. The highest BCUT2D eigenvalue weighted by Crippen LogP contribution is 2.24. The van der Waals surface area contributed by atoms with E-state index in [1.54, 1.807) is 6.92 Å². The third-order valence-electron chi connectivity index (χ3n) is 4.83. The number of likely N-dealkylation sites (tertiary alicyclic amines) is 1. The highest BCUT2D eigenvalue weighted by molar-refractivity contribution is 5.95. The molecular weight excluding hydrogens is 365 g/mol. The lowest BCUT2D eigenvalue weighted by atomic mass is 9.97. The molecule has 0 radical (unpaired) electrons. The number of amides is 2. The van der Waals surface area contributed by atoms with Crippen LogP contribution in [0.3, 0.4) is 0 Å². The Bertz CT molecular complexity index is 882. The van der Waals surface area contributed by atoms with Gasteiger partial charge in [-0.3, -0.25) is 9.59 Å². The van der Waals surface area contributed by atoms with Gasteiger partial charge < -0.3 is 21.1 Å². The van der Waals surface area contributed by atoms with Crippen molar-refractivity contribution in [1.29, 1.82) is 0 Å². The monoisotopic (exact) mass is 389 g/mol. The third kappa shape index (κ3) is 4.14. The number of carbonyl (C=O) groups is 2. The lowest BCUT2D eigenvalue weighted by molar-refractivity contribution is -0.126. The van der Waals surface area contributed by atoms with Crippen LogP contribution in [-0.2, 0) is 4.79 Å². The Labute approximate surface area is 162 Å². The maximum atomic E-state index is 13.3. The fourth-order valence-electron chi connectivity index (χ4n) is 3.38. The first-order valence-corrected chi connectivity index (χ1v) is 9.23. The lowest BCUT2D eigenvalue weighted by Crippen LogP contribution is -2.46. The highest BCUT2D eigenvalue weighted by Gasteiger charge is 2.31. The summed E-state index contributed by atoms with van der Waals surface area (Å²) in [6.45, 7) is 3.22. The van der Waals surface area contributed by atoms with E-state index in [9.17, 15) is 19.1 Å². The minimum Gasteiger partial charge on any atom is -0.504 e. The molecule has 2 amide bonds. The number of rotatable bonds is 5. The van der Waals surface area contributed by atoms with Gasteiger partial charge in [-0.15, -0.1) is 0 Å². The van der Waals surface area contributed by atoms with Crippen molar-refractivity contribution in [1.82, 2.24) is 20.0 Å². The Balaban J connectivity index is 1.77. The summed E-state index contributed by atoms with van der Waals surface area (Å²) in [6, 6.07) is 4.17. The van der Waals surface area contributed by atoms with Crippen LogP contribution in [0.25, 0.3) is 5.69 Å². The highest BCUT2D eigenvalue weighted by atomic mass is 19.1. The average Bonchev–Trinajstić information content (AvgIpc) is 3.06. The summed E-state index contributed by atoms with van der Waals surface area (Å²) in [4.78, 5) is 26.6. The molecule has 1 aliphatic heterocycles. The van der Waals surface area contributed by atoms with Crippen molar-refractivity contribution in [2.75, 3.05) is 26.2 Å². The van der Waals surface area contributed by atoms with E-state index in [2.05, 4.69) is 10.4 Å². The summed E-state index contributed by atoms with van der Waals surface area (Å²) in [5, 5.41) is 17.2. The first kappa shape index (κ1) is 19.8. The van der Waals surface area contributed by atoms with Crippen LogP contribution < -0.4 is 11.1 Å². The van der Waals surface area contributed by atoms with Gasteiger partial charge in [0.15, 0.2) is 11.4 Å². The number of aromatic nitrogens is 2. The standard InChI is InChI=1S/C19H24FN5O3/c1-12-9-14(20)4-5-15(12)25-11-16(26)17(23-25)19(28)24-8-2-3-13(10-24)18(27)22-7-6-21/h4-5,9,11,13,26H,2-3,6-8,10,21H2,1H3,(H,22,27). The predicted octanol–water partition coefficient (Wildman–Crippen LogP) is 0.953. The van der Waals surface area contributed by atoms with Crippen LogP contribution in [0.4, 0.5) is 4.39 Å². The van der Waals surface area contributed by atoms with Crippen molar-refractivity contribution in [3.8, 4) is 11.4 Å².